The average Bonchev–Trinajstić information content (AvgIpc) is 3.06. The second-order valence-corrected chi connectivity index (χ2v) is 13.5. The summed E-state index contributed by atoms with van der Waals surface area (Å²) in [6.07, 6.45) is -0.460. The molecule has 0 bridgehead atoms. The summed E-state index contributed by atoms with van der Waals surface area (Å²) in [6, 6.07) is 30.5. The highest BCUT2D eigenvalue weighted by atomic mass is 35.5. The van der Waals surface area contributed by atoms with Crippen LogP contribution in [-0.2, 0) is 32.0 Å². The summed E-state index contributed by atoms with van der Waals surface area (Å²) < 4.78 is 22.4. The summed E-state index contributed by atoms with van der Waals surface area (Å²) in [7, 11) is 3.42. The van der Waals surface area contributed by atoms with Gasteiger partial charge in [-0.1, -0.05) is 71.7 Å². The Bertz CT molecular complexity index is 1560. The van der Waals surface area contributed by atoms with Crippen LogP contribution in [0.15, 0.2) is 97.1 Å². The van der Waals surface area contributed by atoms with Gasteiger partial charge in [0.25, 0.3) is 0 Å². The number of hydrogen-bond acceptors (Lipinski definition) is 7. The Kier molecular flexibility index (Phi) is 13.5. The van der Waals surface area contributed by atoms with Crippen LogP contribution in [0.5, 0.6) is 5.75 Å². The zero-order chi connectivity index (χ0) is 34.7. The van der Waals surface area contributed by atoms with Crippen LogP contribution in [0.1, 0.15) is 59.3 Å². The van der Waals surface area contributed by atoms with E-state index in [1.807, 2.05) is 69.3 Å². The first-order valence-corrected chi connectivity index (χ1v) is 16.6. The highest BCUT2D eigenvalue weighted by Gasteiger charge is 2.22. The van der Waals surface area contributed by atoms with E-state index in [0.717, 1.165) is 30.0 Å². The molecule has 0 aliphatic rings. The summed E-state index contributed by atoms with van der Waals surface area (Å²) >= 11 is 12.3. The van der Waals surface area contributed by atoms with Gasteiger partial charge in [-0.15, -0.1) is 0 Å². The molecule has 4 aromatic carbocycles. The van der Waals surface area contributed by atoms with E-state index in [-0.39, 0.29) is 18.5 Å². The third-order valence-electron chi connectivity index (χ3n) is 7.63. The van der Waals surface area contributed by atoms with Crippen molar-refractivity contribution in [2.24, 2.45) is 0 Å². The van der Waals surface area contributed by atoms with E-state index in [0.29, 0.717) is 28.6 Å². The van der Waals surface area contributed by atoms with Gasteiger partial charge in [0.15, 0.2) is 6.10 Å². The van der Waals surface area contributed by atoms with Crippen molar-refractivity contribution in [3.8, 4) is 5.75 Å². The van der Waals surface area contributed by atoms with E-state index in [4.69, 9.17) is 42.1 Å². The predicted molar refractivity (Wildman–Crippen MR) is 190 cm³/mol. The number of carbonyl (C=O) groups is 2. The number of methoxy groups -OCH3 is 1. The summed E-state index contributed by atoms with van der Waals surface area (Å²) in [5.41, 5.74) is 3.95. The Hall–Kier alpha value is -3.88. The van der Waals surface area contributed by atoms with Crippen LogP contribution >= 0.6 is 23.2 Å². The molecule has 9 heteroatoms. The number of esters is 2. The van der Waals surface area contributed by atoms with Gasteiger partial charge in [-0.25, -0.2) is 9.59 Å². The highest BCUT2D eigenvalue weighted by molar-refractivity contribution is 6.30. The Labute approximate surface area is 293 Å². The molecule has 0 aliphatic carbocycles. The molecule has 0 heterocycles. The molecule has 0 saturated heterocycles. The average molecular weight is 693 g/mol. The van der Waals surface area contributed by atoms with Gasteiger partial charge >= 0.3 is 11.9 Å². The lowest BCUT2D eigenvalue weighted by molar-refractivity contribution is -0.154. The highest BCUT2D eigenvalue weighted by Crippen LogP contribution is 2.28. The maximum absolute atomic E-state index is 12.5. The molecule has 0 aliphatic heterocycles. The molecule has 0 saturated carbocycles. The molecule has 0 N–H and O–H groups in total. The normalized spacial score (nSPS) is 12.2. The standard InChI is InChI=1S/C39H43Cl2NO6/c1-39(2,3)48-37(43)31-10-6-28(7-11-31)26-47-36(38(44)45-5)24-27-8-20-34(21-9-27)46-23-22-42(4)25-35(29-12-16-32(40)17-13-29)30-14-18-33(41)19-15-30/h6-21,35-36H,22-26H2,1-5H3. The second-order valence-electron chi connectivity index (χ2n) is 12.6. The third-order valence-corrected chi connectivity index (χ3v) is 8.13. The Morgan fingerprint density at radius 1 is 0.771 bits per heavy atom. The van der Waals surface area contributed by atoms with E-state index >= 15 is 0 Å². The van der Waals surface area contributed by atoms with Gasteiger partial charge in [0.2, 0.25) is 0 Å². The number of nitrogens with zero attached hydrogens (tertiary/aromatic N) is 1. The summed E-state index contributed by atoms with van der Waals surface area (Å²) in [4.78, 5) is 27.1. The van der Waals surface area contributed by atoms with Crippen LogP contribution in [0.3, 0.4) is 0 Å². The molecule has 0 aromatic heterocycles. The number of carbonyl (C=O) groups excluding carboxylic acids is 2. The first-order chi connectivity index (χ1) is 22.9. The number of likely N-dealkylation sites (N-methyl/N-ethyl adjacent to an activating group) is 1. The van der Waals surface area contributed by atoms with E-state index in [2.05, 4.69) is 36.2 Å². The van der Waals surface area contributed by atoms with Crippen molar-refractivity contribution < 1.29 is 28.5 Å². The van der Waals surface area contributed by atoms with Gasteiger partial charge in [0.05, 0.1) is 19.3 Å². The topological polar surface area (TPSA) is 74.3 Å². The van der Waals surface area contributed by atoms with Crippen LogP contribution < -0.4 is 4.74 Å². The molecule has 4 rings (SSSR count). The lowest BCUT2D eigenvalue weighted by atomic mass is 9.91. The van der Waals surface area contributed by atoms with E-state index in [1.165, 1.54) is 18.2 Å². The van der Waals surface area contributed by atoms with Crippen LogP contribution in [0.2, 0.25) is 10.0 Å². The molecule has 0 spiro atoms. The molecule has 254 valence electrons. The van der Waals surface area contributed by atoms with Crippen LogP contribution in [-0.4, -0.2) is 62.4 Å². The van der Waals surface area contributed by atoms with Crippen molar-refractivity contribution in [2.45, 2.75) is 51.4 Å². The van der Waals surface area contributed by atoms with Gasteiger partial charge in [-0.05, 0) is 98.6 Å². The minimum absolute atomic E-state index is 0.144. The minimum atomic E-state index is -0.796. The fourth-order valence-corrected chi connectivity index (χ4v) is 5.32. The molecule has 48 heavy (non-hydrogen) atoms. The Morgan fingerprint density at radius 3 is 1.83 bits per heavy atom. The van der Waals surface area contributed by atoms with Crippen molar-refractivity contribution in [3.63, 3.8) is 0 Å². The van der Waals surface area contributed by atoms with Gasteiger partial charge < -0.3 is 23.8 Å². The minimum Gasteiger partial charge on any atom is -0.492 e. The number of ether oxygens (including phenoxy) is 4. The molecule has 0 radical (unpaired) electrons. The SMILES string of the molecule is COC(=O)C(Cc1ccc(OCCN(C)CC(c2ccc(Cl)cc2)c2ccc(Cl)cc2)cc1)OCc1ccc(C(=O)OC(C)(C)C)cc1. The van der Waals surface area contributed by atoms with Crippen molar-refractivity contribution in [2.75, 3.05) is 33.9 Å². The Morgan fingerprint density at radius 2 is 1.31 bits per heavy atom. The summed E-state index contributed by atoms with van der Waals surface area (Å²) in [6.45, 7) is 7.66. The first-order valence-electron chi connectivity index (χ1n) is 15.8. The van der Waals surface area contributed by atoms with Crippen LogP contribution in [0.25, 0.3) is 0 Å². The van der Waals surface area contributed by atoms with Gasteiger partial charge in [-0.2, -0.15) is 0 Å². The molecular formula is C39H43Cl2NO6. The molecular weight excluding hydrogens is 649 g/mol. The predicted octanol–water partition coefficient (Wildman–Crippen LogP) is 8.39. The smallest absolute Gasteiger partial charge is 0.338 e. The first kappa shape index (κ1) is 36.9. The largest absolute Gasteiger partial charge is 0.492 e. The molecule has 0 fully saturated rings. The molecule has 1 unspecified atom stereocenters. The zero-order valence-electron chi connectivity index (χ0n) is 28.1. The van der Waals surface area contributed by atoms with Crippen molar-refractivity contribution in [1.82, 2.24) is 4.90 Å². The van der Waals surface area contributed by atoms with E-state index < -0.39 is 17.7 Å². The number of hydrogen-bond donors (Lipinski definition) is 0. The second kappa shape index (κ2) is 17.5. The van der Waals surface area contributed by atoms with E-state index in [1.54, 1.807) is 24.3 Å². The maximum atomic E-state index is 12.5. The van der Waals surface area contributed by atoms with Crippen LogP contribution in [0.4, 0.5) is 0 Å². The maximum Gasteiger partial charge on any atom is 0.338 e. The molecule has 0 amide bonds. The number of benzene rings is 4. The van der Waals surface area contributed by atoms with Crippen LogP contribution in [0, 0.1) is 0 Å². The lowest BCUT2D eigenvalue weighted by Crippen LogP contribution is -2.29. The molecule has 1 atom stereocenters. The third kappa shape index (κ3) is 11.7. The number of rotatable bonds is 15. The van der Waals surface area contributed by atoms with Gasteiger partial charge in [0.1, 0.15) is 18.0 Å². The van der Waals surface area contributed by atoms with Crippen molar-refractivity contribution in [1.29, 1.82) is 0 Å². The number of halogens is 2. The summed E-state index contributed by atoms with van der Waals surface area (Å²) in [5.74, 6) is 0.0307. The fraction of sp³-hybridized carbons (Fsp3) is 0.333. The van der Waals surface area contributed by atoms with Gasteiger partial charge in [0, 0.05) is 35.5 Å². The zero-order valence-corrected chi connectivity index (χ0v) is 29.6. The van der Waals surface area contributed by atoms with Gasteiger partial charge in [-0.3, -0.25) is 0 Å². The monoisotopic (exact) mass is 691 g/mol. The fourth-order valence-electron chi connectivity index (χ4n) is 5.06. The lowest BCUT2D eigenvalue weighted by Gasteiger charge is -2.25. The van der Waals surface area contributed by atoms with Crippen molar-refractivity contribution in [3.05, 3.63) is 135 Å². The summed E-state index contributed by atoms with van der Waals surface area (Å²) in [5, 5.41) is 1.41. The van der Waals surface area contributed by atoms with E-state index in [9.17, 15) is 9.59 Å². The Balaban J connectivity index is 1.28. The molecule has 7 nitrogen and oxygen atoms in total. The quantitative estimate of drug-likeness (QED) is 0.116. The molecule has 4 aromatic rings. The van der Waals surface area contributed by atoms with Crippen molar-refractivity contribution >= 4 is 35.1 Å².